The van der Waals surface area contributed by atoms with Gasteiger partial charge in [-0.3, -0.25) is 0 Å². The number of carbonyl (C=O) groups is 1. The van der Waals surface area contributed by atoms with Crippen LogP contribution in [-0.2, 0) is 18.4 Å². The normalized spacial score (nSPS) is 11.5. The van der Waals surface area contributed by atoms with E-state index in [0.717, 1.165) is 13.5 Å². The summed E-state index contributed by atoms with van der Waals surface area (Å²) >= 11 is 0. The molecule has 0 saturated heterocycles. The third-order valence-corrected chi connectivity index (χ3v) is 1.93. The maximum atomic E-state index is 9.34. The number of aromatic nitrogens is 2. The Balaban J connectivity index is 0.000000325. The average Bonchev–Trinajstić information content (AvgIpc) is 2.62. The van der Waals surface area contributed by atoms with Gasteiger partial charge < -0.3 is 15.0 Å². The standard InChI is InChI=1S/C8H15N2.C3H6O3/c1-3-4-5-10-7-6-9(2)8-10;1-2(4)3(5)6/h6-8H,3-5H2,1-2H3;2,4H,1H3,(H,5,6)/q+1;/p-1/t;2-/m.1/s1. The fourth-order valence-corrected chi connectivity index (χ4v) is 0.975. The highest BCUT2D eigenvalue weighted by atomic mass is 16.4. The van der Waals surface area contributed by atoms with E-state index in [9.17, 15) is 9.90 Å². The minimum Gasteiger partial charge on any atom is -0.547 e. The van der Waals surface area contributed by atoms with Gasteiger partial charge in [-0.1, -0.05) is 13.3 Å². The number of carbonyl (C=O) groups excluding carboxylic acids is 1. The Morgan fingerprint density at radius 3 is 2.50 bits per heavy atom. The van der Waals surface area contributed by atoms with E-state index >= 15 is 0 Å². The Labute approximate surface area is 96.0 Å². The summed E-state index contributed by atoms with van der Waals surface area (Å²) < 4.78 is 4.28. The van der Waals surface area contributed by atoms with Crippen LogP contribution in [0.3, 0.4) is 0 Å². The van der Waals surface area contributed by atoms with Gasteiger partial charge in [-0.25, -0.2) is 9.13 Å². The number of rotatable bonds is 4. The van der Waals surface area contributed by atoms with Gasteiger partial charge in [-0.05, 0) is 13.3 Å². The number of hydrogen-bond acceptors (Lipinski definition) is 3. The molecule has 0 aliphatic carbocycles. The molecule has 0 aliphatic rings. The van der Waals surface area contributed by atoms with Gasteiger partial charge in [-0.15, -0.1) is 0 Å². The number of carboxylic acid groups (broad SMARTS) is 1. The van der Waals surface area contributed by atoms with Crippen LogP contribution >= 0.6 is 0 Å². The first-order valence-electron chi connectivity index (χ1n) is 5.37. The third kappa shape index (κ3) is 7.00. The molecule has 1 aromatic rings. The van der Waals surface area contributed by atoms with Crippen LogP contribution in [-0.4, -0.2) is 21.7 Å². The van der Waals surface area contributed by atoms with Crippen LogP contribution in [0, 0.1) is 0 Å². The van der Waals surface area contributed by atoms with Crippen molar-refractivity contribution in [2.24, 2.45) is 7.05 Å². The second kappa shape index (κ2) is 7.87. The molecule has 16 heavy (non-hydrogen) atoms. The van der Waals surface area contributed by atoms with Gasteiger partial charge in [0.2, 0.25) is 6.33 Å². The number of carboxylic acids is 1. The quantitative estimate of drug-likeness (QED) is 0.688. The van der Waals surface area contributed by atoms with Crippen LogP contribution in [0.1, 0.15) is 26.7 Å². The fraction of sp³-hybridized carbons (Fsp3) is 0.636. The molecule has 92 valence electrons. The second-order valence-corrected chi connectivity index (χ2v) is 3.67. The van der Waals surface area contributed by atoms with Crippen LogP contribution in [0.4, 0.5) is 0 Å². The molecule has 5 nitrogen and oxygen atoms in total. The topological polar surface area (TPSA) is 69.2 Å². The highest BCUT2D eigenvalue weighted by Gasteiger charge is 1.96. The first-order valence-corrected chi connectivity index (χ1v) is 5.37. The highest BCUT2D eigenvalue weighted by Crippen LogP contribution is 1.91. The zero-order valence-corrected chi connectivity index (χ0v) is 10.1. The van der Waals surface area contributed by atoms with Gasteiger partial charge >= 0.3 is 0 Å². The molecule has 1 aromatic heterocycles. The molecule has 0 radical (unpaired) electrons. The number of aryl methyl sites for hydroxylation is 2. The van der Waals surface area contributed by atoms with Crippen molar-refractivity contribution < 1.29 is 19.6 Å². The summed E-state index contributed by atoms with van der Waals surface area (Å²) in [6, 6.07) is 0. The molecule has 0 amide bonds. The van der Waals surface area contributed by atoms with Crippen molar-refractivity contribution in [3.05, 3.63) is 18.7 Å². The Kier molecular flexibility index (Phi) is 7.20. The molecular weight excluding hydrogens is 208 g/mol. The molecule has 0 bridgehead atoms. The molecular formula is C11H20N2O3. The van der Waals surface area contributed by atoms with Gasteiger partial charge in [0.25, 0.3) is 0 Å². The maximum Gasteiger partial charge on any atom is 0.243 e. The second-order valence-electron chi connectivity index (χ2n) is 3.67. The van der Waals surface area contributed by atoms with E-state index in [2.05, 4.69) is 34.8 Å². The molecule has 0 saturated carbocycles. The molecule has 5 heteroatoms. The van der Waals surface area contributed by atoms with Crippen molar-refractivity contribution in [2.45, 2.75) is 39.3 Å². The van der Waals surface area contributed by atoms with Crippen LogP contribution in [0.15, 0.2) is 18.7 Å². The van der Waals surface area contributed by atoms with Crippen LogP contribution in [0.25, 0.3) is 0 Å². The van der Waals surface area contributed by atoms with Crippen molar-refractivity contribution >= 4 is 5.97 Å². The number of unbranched alkanes of at least 4 members (excludes halogenated alkanes) is 1. The van der Waals surface area contributed by atoms with Gasteiger partial charge in [0, 0.05) is 0 Å². The zero-order valence-electron chi connectivity index (χ0n) is 10.1. The van der Waals surface area contributed by atoms with E-state index in [-0.39, 0.29) is 0 Å². The van der Waals surface area contributed by atoms with Crippen LogP contribution in [0.2, 0.25) is 0 Å². The molecule has 0 fully saturated rings. The maximum absolute atomic E-state index is 9.34. The minimum atomic E-state index is -1.44. The lowest BCUT2D eigenvalue weighted by Gasteiger charge is -2.00. The molecule has 1 heterocycles. The van der Waals surface area contributed by atoms with Crippen molar-refractivity contribution in [3.63, 3.8) is 0 Å². The van der Waals surface area contributed by atoms with Crippen molar-refractivity contribution in [1.29, 1.82) is 0 Å². The summed E-state index contributed by atoms with van der Waals surface area (Å²) in [6.07, 6.45) is 7.47. The molecule has 1 atom stereocenters. The number of aliphatic hydroxyl groups is 1. The summed E-state index contributed by atoms with van der Waals surface area (Å²) in [7, 11) is 2.04. The number of aliphatic hydroxyl groups excluding tert-OH is 1. The number of nitrogens with zero attached hydrogens (tertiary/aromatic N) is 2. The molecule has 0 spiro atoms. The Bertz CT molecular complexity index is 308. The number of imidazole rings is 1. The Morgan fingerprint density at radius 1 is 1.62 bits per heavy atom. The van der Waals surface area contributed by atoms with Crippen molar-refractivity contribution in [3.8, 4) is 0 Å². The van der Waals surface area contributed by atoms with E-state index in [1.165, 1.54) is 12.8 Å². The lowest BCUT2D eigenvalue weighted by atomic mass is 10.3. The minimum absolute atomic E-state index is 1.13. The Hall–Kier alpha value is -1.36. The summed E-state index contributed by atoms with van der Waals surface area (Å²) in [5.41, 5.74) is 0. The van der Waals surface area contributed by atoms with Crippen LogP contribution < -0.4 is 9.67 Å². The van der Waals surface area contributed by atoms with E-state index in [0.29, 0.717) is 0 Å². The van der Waals surface area contributed by atoms with Crippen molar-refractivity contribution in [1.82, 2.24) is 4.57 Å². The van der Waals surface area contributed by atoms with E-state index in [1.54, 1.807) is 0 Å². The molecule has 0 aliphatic heterocycles. The lowest BCUT2D eigenvalue weighted by molar-refractivity contribution is -0.671. The zero-order chi connectivity index (χ0) is 12.6. The van der Waals surface area contributed by atoms with E-state index in [1.807, 2.05) is 7.05 Å². The molecule has 1 rings (SSSR count). The smallest absolute Gasteiger partial charge is 0.243 e. The SMILES string of the molecule is CCCCn1cc[n+](C)c1.C[C@@H](O)C(=O)[O-]. The van der Waals surface area contributed by atoms with Crippen molar-refractivity contribution in [2.75, 3.05) is 0 Å². The van der Waals surface area contributed by atoms with E-state index in [4.69, 9.17) is 5.11 Å². The molecule has 0 unspecified atom stereocenters. The first kappa shape index (κ1) is 14.6. The Morgan fingerprint density at radius 2 is 2.19 bits per heavy atom. The number of aliphatic carboxylic acids is 1. The summed E-state index contributed by atoms with van der Waals surface area (Å²) in [5, 5.41) is 17.3. The van der Waals surface area contributed by atoms with E-state index < -0.39 is 12.1 Å². The first-order chi connectivity index (χ1) is 7.47. The summed E-state index contributed by atoms with van der Waals surface area (Å²) in [6.45, 7) is 4.50. The third-order valence-electron chi connectivity index (χ3n) is 1.93. The van der Waals surface area contributed by atoms with Gasteiger partial charge in [0.1, 0.15) is 12.4 Å². The molecule has 0 aromatic carbocycles. The fourth-order valence-electron chi connectivity index (χ4n) is 0.975. The lowest BCUT2D eigenvalue weighted by Crippen LogP contribution is -2.32. The van der Waals surface area contributed by atoms with Gasteiger partial charge in [0.05, 0.1) is 25.7 Å². The predicted molar refractivity (Wildman–Crippen MR) is 57.2 cm³/mol. The monoisotopic (exact) mass is 228 g/mol. The molecule has 1 N–H and O–H groups in total. The summed E-state index contributed by atoms with van der Waals surface area (Å²) in [5.74, 6) is -1.44. The summed E-state index contributed by atoms with van der Waals surface area (Å²) in [4.78, 5) is 9.34. The highest BCUT2D eigenvalue weighted by molar-refractivity contribution is 5.68. The number of hydrogen-bond donors (Lipinski definition) is 1. The largest absolute Gasteiger partial charge is 0.547 e. The van der Waals surface area contributed by atoms with Gasteiger partial charge in [0.15, 0.2) is 0 Å². The average molecular weight is 228 g/mol. The van der Waals surface area contributed by atoms with Gasteiger partial charge in [-0.2, -0.15) is 0 Å². The predicted octanol–water partition coefficient (Wildman–Crippen LogP) is -0.770. The van der Waals surface area contributed by atoms with Crippen LogP contribution in [0.5, 0.6) is 0 Å².